The van der Waals surface area contributed by atoms with E-state index in [0.717, 1.165) is 140 Å². The lowest BCUT2D eigenvalue weighted by molar-refractivity contribution is 0.609. The minimum absolute atomic E-state index is 0.00198. The van der Waals surface area contributed by atoms with E-state index in [9.17, 15) is 42.1 Å². The molecule has 0 unspecified atom stereocenters. The number of hydrogen-bond acceptors (Lipinski definition) is 10. The Morgan fingerprint density at radius 1 is 0.324 bits per heavy atom. The monoisotopic (exact) mass is 901 g/mol. The average Bonchev–Trinajstić information content (AvgIpc) is 3.37. The molecule has 0 heterocycles. The van der Waals surface area contributed by atoms with Crippen molar-refractivity contribution in [3.8, 4) is 48.6 Å². The number of unbranched alkanes of at least 4 members (excludes halogenated alkanes) is 12. The van der Waals surface area contributed by atoms with Crippen molar-refractivity contribution < 1.29 is 0 Å². The fraction of sp³-hybridized carbons (Fsp3) is 0.414. The van der Waals surface area contributed by atoms with E-state index in [2.05, 4.69) is 37.5 Å². The van der Waals surface area contributed by atoms with Gasteiger partial charge in [-0.3, -0.25) is 0 Å². The first-order valence-corrected chi connectivity index (χ1v) is 24.3. The van der Waals surface area contributed by atoms with Crippen molar-refractivity contribution in [3.05, 3.63) is 117 Å². The van der Waals surface area contributed by atoms with Gasteiger partial charge in [0.2, 0.25) is 0 Å². The Bertz CT molecular complexity index is 2340. The second-order valence-electron chi connectivity index (χ2n) is 16.8. The van der Waals surface area contributed by atoms with Crippen LogP contribution in [0.15, 0.2) is 95.1 Å². The van der Waals surface area contributed by atoms with Crippen LogP contribution in [-0.4, -0.2) is 26.2 Å². The number of allylic oxidation sites excluding steroid dienone is 8. The quantitative estimate of drug-likeness (QED) is 0.0384. The standard InChI is InChI=1S/C58H64N10/c1-5-9-13-17-32-67(33-18-14-10-6-2)53-28-24-45(25-29-53)55(49(37-59)38-60)57(51(41-63)42-64)47-22-21-23-48(36-47)58(52(43-65)44-66)56(50(39-61)40-62)46-26-30-54(31-27-46)68(34-19-15-11-7-3)35-20-16-12-8-4/h21-31,36H,5-20,32-35H2,1-4H3. The number of benzene rings is 3. The van der Waals surface area contributed by atoms with Gasteiger partial charge in [0.15, 0.2) is 0 Å². The van der Waals surface area contributed by atoms with Crippen LogP contribution in [-0.2, 0) is 0 Å². The zero-order chi connectivity index (χ0) is 49.5. The SMILES string of the molecule is CCCCCCN(CCCCCC)c1ccc(C(=C(C#N)C#N)C(=C(C#N)C#N)c2cccc(C(=C(C#N)C#N)C(=C(C#N)C#N)c3ccc(N(CCCCCC)CCCCCC)cc3)c2)cc1. The van der Waals surface area contributed by atoms with Crippen LogP contribution in [0.2, 0.25) is 0 Å². The Morgan fingerprint density at radius 2 is 0.574 bits per heavy atom. The first-order chi connectivity index (χ1) is 33.3. The molecule has 0 spiro atoms. The number of rotatable bonds is 28. The molecule has 68 heavy (non-hydrogen) atoms. The summed E-state index contributed by atoms with van der Waals surface area (Å²) >= 11 is 0. The molecule has 0 aromatic heterocycles. The van der Waals surface area contributed by atoms with Crippen molar-refractivity contribution in [1.82, 2.24) is 0 Å². The van der Waals surface area contributed by atoms with Gasteiger partial charge in [-0.25, -0.2) is 0 Å². The van der Waals surface area contributed by atoms with Crippen molar-refractivity contribution >= 4 is 33.7 Å². The predicted molar refractivity (Wildman–Crippen MR) is 273 cm³/mol. The highest BCUT2D eigenvalue weighted by atomic mass is 15.1. The molecule has 10 nitrogen and oxygen atoms in total. The van der Waals surface area contributed by atoms with Crippen LogP contribution in [0, 0.1) is 90.6 Å². The summed E-state index contributed by atoms with van der Waals surface area (Å²) in [6.45, 7) is 12.2. The maximum atomic E-state index is 10.5. The molecule has 0 fully saturated rings. The minimum Gasteiger partial charge on any atom is -0.372 e. The summed E-state index contributed by atoms with van der Waals surface area (Å²) < 4.78 is 0. The first-order valence-electron chi connectivity index (χ1n) is 24.3. The van der Waals surface area contributed by atoms with E-state index in [1.54, 1.807) is 48.5 Å². The maximum Gasteiger partial charge on any atom is 0.138 e. The molecule has 10 heteroatoms. The highest BCUT2D eigenvalue weighted by Crippen LogP contribution is 2.41. The van der Waals surface area contributed by atoms with Gasteiger partial charge in [-0.05, 0) is 78.3 Å². The molecule has 0 saturated carbocycles. The van der Waals surface area contributed by atoms with Crippen molar-refractivity contribution in [2.24, 2.45) is 0 Å². The second kappa shape index (κ2) is 31.1. The molecule has 0 radical (unpaired) electrons. The fourth-order valence-electron chi connectivity index (χ4n) is 8.37. The van der Waals surface area contributed by atoms with E-state index >= 15 is 0 Å². The lowest BCUT2D eigenvalue weighted by atomic mass is 9.82. The summed E-state index contributed by atoms with van der Waals surface area (Å²) in [6, 6.07) is 37.1. The molecule has 0 aliphatic carbocycles. The van der Waals surface area contributed by atoms with Crippen molar-refractivity contribution in [1.29, 1.82) is 42.1 Å². The van der Waals surface area contributed by atoms with Crippen LogP contribution in [0.5, 0.6) is 0 Å². The molecule has 3 aromatic carbocycles. The molecular weight excluding hydrogens is 837 g/mol. The molecule has 0 aliphatic rings. The van der Waals surface area contributed by atoms with Gasteiger partial charge < -0.3 is 9.80 Å². The van der Waals surface area contributed by atoms with Crippen LogP contribution in [0.4, 0.5) is 11.4 Å². The maximum absolute atomic E-state index is 10.5. The van der Waals surface area contributed by atoms with Crippen molar-refractivity contribution in [3.63, 3.8) is 0 Å². The minimum atomic E-state index is -0.376. The van der Waals surface area contributed by atoms with Gasteiger partial charge in [-0.15, -0.1) is 0 Å². The molecule has 0 aliphatic heterocycles. The molecule has 3 rings (SSSR count). The molecule has 3 aromatic rings. The molecule has 0 atom stereocenters. The van der Waals surface area contributed by atoms with E-state index in [1.807, 2.05) is 72.8 Å². The topological polar surface area (TPSA) is 197 Å². The van der Waals surface area contributed by atoms with Gasteiger partial charge in [-0.2, -0.15) is 42.1 Å². The Hall–Kier alpha value is -7.86. The zero-order valence-electron chi connectivity index (χ0n) is 40.5. The molecular formula is C58H64N10. The van der Waals surface area contributed by atoms with Crippen LogP contribution in [0.25, 0.3) is 22.3 Å². The second-order valence-corrected chi connectivity index (χ2v) is 16.8. The Balaban J connectivity index is 2.30. The van der Waals surface area contributed by atoms with Gasteiger partial charge >= 0.3 is 0 Å². The first kappa shape index (κ1) is 54.5. The molecule has 346 valence electrons. The average molecular weight is 901 g/mol. The smallest absolute Gasteiger partial charge is 0.138 e. The third-order valence-electron chi connectivity index (χ3n) is 12.0. The molecule has 0 saturated heterocycles. The van der Waals surface area contributed by atoms with Crippen LogP contribution in [0.1, 0.15) is 153 Å². The Kier molecular flexibility index (Phi) is 24.9. The van der Waals surface area contributed by atoms with E-state index in [-0.39, 0.29) is 55.7 Å². The van der Waals surface area contributed by atoms with E-state index < -0.39 is 0 Å². The molecule has 0 bridgehead atoms. The lowest BCUT2D eigenvalue weighted by Crippen LogP contribution is -2.25. The predicted octanol–water partition coefficient (Wildman–Crippen LogP) is 14.2. The van der Waals surface area contributed by atoms with Gasteiger partial charge in [0, 0.05) is 59.8 Å². The van der Waals surface area contributed by atoms with Crippen molar-refractivity contribution in [2.45, 2.75) is 130 Å². The van der Waals surface area contributed by atoms with Crippen LogP contribution >= 0.6 is 0 Å². The van der Waals surface area contributed by atoms with Gasteiger partial charge in [0.05, 0.1) is 0 Å². The summed E-state index contributed by atoms with van der Waals surface area (Å²) in [7, 11) is 0. The highest BCUT2D eigenvalue weighted by Gasteiger charge is 2.25. The zero-order valence-corrected chi connectivity index (χ0v) is 40.5. The largest absolute Gasteiger partial charge is 0.372 e. The number of nitrogens with zero attached hydrogens (tertiary/aromatic N) is 10. The normalized spacial score (nSPS) is 9.94. The van der Waals surface area contributed by atoms with Gasteiger partial charge in [0.25, 0.3) is 0 Å². The summed E-state index contributed by atoms with van der Waals surface area (Å²) in [6.07, 6.45) is 17.8. The van der Waals surface area contributed by atoms with Crippen LogP contribution in [0.3, 0.4) is 0 Å². The Labute approximate surface area is 406 Å². The third kappa shape index (κ3) is 15.6. The van der Waals surface area contributed by atoms with Crippen LogP contribution < -0.4 is 9.80 Å². The third-order valence-corrected chi connectivity index (χ3v) is 12.0. The summed E-state index contributed by atoms with van der Waals surface area (Å²) in [5.41, 5.74) is 2.00. The summed E-state index contributed by atoms with van der Waals surface area (Å²) in [5.74, 6) is 0. The number of anilines is 2. The molecule has 0 N–H and O–H groups in total. The lowest BCUT2D eigenvalue weighted by Gasteiger charge is -2.26. The van der Waals surface area contributed by atoms with Gasteiger partial charge in [-0.1, -0.05) is 147 Å². The summed E-state index contributed by atoms with van der Waals surface area (Å²) in [4.78, 5) is 4.71. The number of hydrogen-bond donors (Lipinski definition) is 0. The van der Waals surface area contributed by atoms with E-state index in [0.29, 0.717) is 11.1 Å². The van der Waals surface area contributed by atoms with Crippen molar-refractivity contribution in [2.75, 3.05) is 36.0 Å². The van der Waals surface area contributed by atoms with E-state index in [1.165, 1.54) is 0 Å². The summed E-state index contributed by atoms with van der Waals surface area (Å²) in [5, 5.41) is 83.4. The highest BCUT2D eigenvalue weighted by molar-refractivity contribution is 6.14. The van der Waals surface area contributed by atoms with E-state index in [4.69, 9.17) is 0 Å². The fourth-order valence-corrected chi connectivity index (χ4v) is 8.37. The number of nitriles is 8. The molecule has 0 amide bonds. The Morgan fingerprint density at radius 3 is 0.809 bits per heavy atom. The van der Waals surface area contributed by atoms with Gasteiger partial charge in [0.1, 0.15) is 70.8 Å².